The zero-order chi connectivity index (χ0) is 11.0. The number of hydrogen-bond donors (Lipinski definition) is 1. The molecule has 2 rings (SSSR count). The molecule has 82 valence electrons. The third-order valence-corrected chi connectivity index (χ3v) is 2.97. The quantitative estimate of drug-likeness (QED) is 0.680. The molecule has 2 atom stereocenters. The van der Waals surface area contributed by atoms with Crippen LogP contribution in [0.3, 0.4) is 0 Å². The molecule has 0 amide bonds. The summed E-state index contributed by atoms with van der Waals surface area (Å²) in [7, 11) is 1.73. The van der Waals surface area contributed by atoms with E-state index in [0.717, 1.165) is 6.54 Å². The van der Waals surface area contributed by atoms with Crippen LogP contribution in [0.5, 0.6) is 0 Å². The van der Waals surface area contributed by atoms with Crippen LogP contribution in [-0.4, -0.2) is 28.7 Å². The van der Waals surface area contributed by atoms with Crippen LogP contribution in [0, 0.1) is 5.92 Å². The number of anilines is 1. The summed E-state index contributed by atoms with van der Waals surface area (Å²) in [5, 5.41) is 0. The van der Waals surface area contributed by atoms with Gasteiger partial charge in [-0.2, -0.15) is 0 Å². The van der Waals surface area contributed by atoms with Crippen molar-refractivity contribution in [3.63, 3.8) is 0 Å². The van der Waals surface area contributed by atoms with Crippen LogP contribution in [0.1, 0.15) is 6.92 Å². The first-order valence-corrected chi connectivity index (χ1v) is 5.11. The number of hydrogen-bond acceptors (Lipinski definition) is 4. The zero-order valence-electron chi connectivity index (χ0n) is 9.05. The topological polar surface area (TPSA) is 64.2 Å². The van der Waals surface area contributed by atoms with Gasteiger partial charge in [0.2, 0.25) is 0 Å². The summed E-state index contributed by atoms with van der Waals surface area (Å²) in [6.45, 7) is 3.62. The van der Waals surface area contributed by atoms with Crippen LogP contribution in [0.15, 0.2) is 17.2 Å². The van der Waals surface area contributed by atoms with Gasteiger partial charge >= 0.3 is 0 Å². The Morgan fingerprint density at radius 2 is 2.27 bits per heavy atom. The molecule has 15 heavy (non-hydrogen) atoms. The zero-order valence-corrected chi connectivity index (χ0v) is 9.05. The van der Waals surface area contributed by atoms with Crippen molar-refractivity contribution in [3.8, 4) is 0 Å². The van der Waals surface area contributed by atoms with Crippen molar-refractivity contribution in [1.29, 1.82) is 0 Å². The second-order valence-corrected chi connectivity index (χ2v) is 4.21. The minimum Gasteiger partial charge on any atom is -0.350 e. The van der Waals surface area contributed by atoms with Gasteiger partial charge in [-0.05, 0) is 5.92 Å². The van der Waals surface area contributed by atoms with Crippen molar-refractivity contribution in [2.75, 3.05) is 18.0 Å². The normalized spacial score (nSPS) is 25.9. The second kappa shape index (κ2) is 3.66. The van der Waals surface area contributed by atoms with E-state index < -0.39 is 0 Å². The maximum atomic E-state index is 11.8. The van der Waals surface area contributed by atoms with E-state index >= 15 is 0 Å². The first-order chi connectivity index (χ1) is 7.09. The van der Waals surface area contributed by atoms with Crippen LogP contribution < -0.4 is 16.2 Å². The van der Waals surface area contributed by atoms with E-state index in [-0.39, 0.29) is 11.6 Å². The third kappa shape index (κ3) is 1.74. The summed E-state index contributed by atoms with van der Waals surface area (Å²) in [6, 6.07) is 0.136. The summed E-state index contributed by atoms with van der Waals surface area (Å²) in [4.78, 5) is 17.9. The van der Waals surface area contributed by atoms with Crippen LogP contribution in [-0.2, 0) is 7.05 Å². The number of aromatic nitrogens is 2. The minimum atomic E-state index is -0.0567. The molecule has 2 N–H and O–H groups in total. The monoisotopic (exact) mass is 208 g/mol. The molecule has 2 unspecified atom stereocenters. The van der Waals surface area contributed by atoms with Gasteiger partial charge in [-0.1, -0.05) is 6.92 Å². The molecule has 0 spiro atoms. The van der Waals surface area contributed by atoms with Crippen molar-refractivity contribution in [1.82, 2.24) is 9.55 Å². The highest BCUT2D eigenvalue weighted by Crippen LogP contribution is 2.17. The highest BCUT2D eigenvalue weighted by Gasteiger charge is 2.28. The molecule has 1 fully saturated rings. The number of rotatable bonds is 1. The van der Waals surface area contributed by atoms with Crippen LogP contribution in [0.25, 0.3) is 0 Å². The van der Waals surface area contributed by atoms with Crippen LogP contribution >= 0.6 is 0 Å². The molecule has 1 aliphatic rings. The fourth-order valence-electron chi connectivity index (χ4n) is 1.87. The molecule has 2 heterocycles. The maximum Gasteiger partial charge on any atom is 0.293 e. The molecular weight excluding hydrogens is 192 g/mol. The van der Waals surface area contributed by atoms with E-state index in [4.69, 9.17) is 5.73 Å². The predicted octanol–water partition coefficient (Wildman–Crippen LogP) is -0.436. The van der Waals surface area contributed by atoms with Gasteiger partial charge in [0.1, 0.15) is 0 Å². The van der Waals surface area contributed by atoms with Gasteiger partial charge in [0.15, 0.2) is 5.82 Å². The van der Waals surface area contributed by atoms with Gasteiger partial charge in [0, 0.05) is 38.6 Å². The average Bonchev–Trinajstić information content (AvgIpc) is 2.51. The highest BCUT2D eigenvalue weighted by atomic mass is 16.1. The van der Waals surface area contributed by atoms with E-state index in [1.54, 1.807) is 19.4 Å². The van der Waals surface area contributed by atoms with E-state index in [1.165, 1.54) is 4.57 Å². The maximum absolute atomic E-state index is 11.8. The molecule has 0 saturated carbocycles. The van der Waals surface area contributed by atoms with E-state index in [2.05, 4.69) is 11.9 Å². The fraction of sp³-hybridized carbons (Fsp3) is 0.600. The first-order valence-electron chi connectivity index (χ1n) is 5.11. The summed E-state index contributed by atoms with van der Waals surface area (Å²) in [6.07, 6.45) is 3.30. The Hall–Kier alpha value is -1.36. The van der Waals surface area contributed by atoms with Gasteiger partial charge < -0.3 is 15.2 Å². The van der Waals surface area contributed by atoms with Gasteiger partial charge in [-0.15, -0.1) is 0 Å². The Morgan fingerprint density at radius 3 is 2.87 bits per heavy atom. The number of nitrogens with two attached hydrogens (primary N) is 1. The Morgan fingerprint density at radius 1 is 1.53 bits per heavy atom. The minimum absolute atomic E-state index is 0.0567. The summed E-state index contributed by atoms with van der Waals surface area (Å²) in [5.41, 5.74) is 5.86. The molecule has 0 aliphatic carbocycles. The highest BCUT2D eigenvalue weighted by molar-refractivity contribution is 5.38. The SMILES string of the molecule is CC1CN(c2nccn(C)c2=O)CC1N. The van der Waals surface area contributed by atoms with Crippen molar-refractivity contribution < 1.29 is 0 Å². The lowest BCUT2D eigenvalue weighted by Gasteiger charge is -2.16. The third-order valence-electron chi connectivity index (χ3n) is 2.97. The summed E-state index contributed by atoms with van der Waals surface area (Å²) in [5.74, 6) is 0.927. The van der Waals surface area contributed by atoms with Gasteiger partial charge in [0.05, 0.1) is 0 Å². The van der Waals surface area contributed by atoms with Crippen molar-refractivity contribution >= 4 is 5.82 Å². The van der Waals surface area contributed by atoms with Crippen molar-refractivity contribution in [3.05, 3.63) is 22.7 Å². The van der Waals surface area contributed by atoms with E-state index in [9.17, 15) is 4.79 Å². The lowest BCUT2D eigenvalue weighted by atomic mass is 10.1. The van der Waals surface area contributed by atoms with Crippen LogP contribution in [0.2, 0.25) is 0 Å². The van der Waals surface area contributed by atoms with Gasteiger partial charge in [-0.3, -0.25) is 4.79 Å². The standard InChI is InChI=1S/C10H16N4O/c1-7-5-14(6-8(7)11)9-10(15)13(2)4-3-12-9/h3-4,7-8H,5-6,11H2,1-2H3. The molecule has 0 radical (unpaired) electrons. The number of aryl methyl sites for hydroxylation is 1. The van der Waals surface area contributed by atoms with E-state index in [1.807, 2.05) is 4.90 Å². The molecule has 5 heteroatoms. The number of nitrogens with zero attached hydrogens (tertiary/aromatic N) is 3. The molecule has 0 bridgehead atoms. The largest absolute Gasteiger partial charge is 0.350 e. The lowest BCUT2D eigenvalue weighted by Crippen LogP contribution is -2.33. The Bertz CT molecular complexity index is 404. The molecule has 1 aromatic rings. The van der Waals surface area contributed by atoms with E-state index in [0.29, 0.717) is 18.3 Å². The van der Waals surface area contributed by atoms with Gasteiger partial charge in [0.25, 0.3) is 5.56 Å². The summed E-state index contributed by atoms with van der Waals surface area (Å²) >= 11 is 0. The molecule has 1 aliphatic heterocycles. The Labute approximate surface area is 88.5 Å². The molecule has 5 nitrogen and oxygen atoms in total. The second-order valence-electron chi connectivity index (χ2n) is 4.21. The summed E-state index contributed by atoms with van der Waals surface area (Å²) < 4.78 is 1.54. The molecule has 1 aromatic heterocycles. The first kappa shape index (κ1) is 10.2. The average molecular weight is 208 g/mol. The predicted molar refractivity (Wildman–Crippen MR) is 58.8 cm³/mol. The van der Waals surface area contributed by atoms with Gasteiger partial charge in [-0.25, -0.2) is 4.98 Å². The van der Waals surface area contributed by atoms with Crippen molar-refractivity contribution in [2.45, 2.75) is 13.0 Å². The Kier molecular flexibility index (Phi) is 2.48. The lowest BCUT2D eigenvalue weighted by molar-refractivity contribution is 0.566. The fourth-order valence-corrected chi connectivity index (χ4v) is 1.87. The molecule has 1 saturated heterocycles. The van der Waals surface area contributed by atoms with Crippen molar-refractivity contribution in [2.24, 2.45) is 18.7 Å². The Balaban J connectivity index is 2.32. The molecular formula is C10H16N4O. The smallest absolute Gasteiger partial charge is 0.293 e. The molecule has 0 aromatic carbocycles. The van der Waals surface area contributed by atoms with Crippen LogP contribution in [0.4, 0.5) is 5.82 Å².